The lowest BCUT2D eigenvalue weighted by Crippen LogP contribution is -2.13. The highest BCUT2D eigenvalue weighted by Crippen LogP contribution is 2.30. The summed E-state index contributed by atoms with van der Waals surface area (Å²) in [5.41, 5.74) is -0.223. The third-order valence-electron chi connectivity index (χ3n) is 2.41. The van der Waals surface area contributed by atoms with Crippen molar-refractivity contribution < 1.29 is 4.92 Å². The Bertz CT molecular complexity index is 638. The molecular weight excluding hydrogens is 336 g/mol. The van der Waals surface area contributed by atoms with Crippen molar-refractivity contribution in [3.8, 4) is 0 Å². The number of rotatable bonds is 3. The van der Waals surface area contributed by atoms with Crippen molar-refractivity contribution in [3.63, 3.8) is 0 Å². The standard InChI is InChI=1S/C11H8BrClN4O2/c1-16(11-7(12)3-2-6-14-11)9-5-4-8(17(18)19)10(13)15-9/h2-6H,1H3. The summed E-state index contributed by atoms with van der Waals surface area (Å²) in [7, 11) is 1.75. The number of hydrogen-bond acceptors (Lipinski definition) is 5. The van der Waals surface area contributed by atoms with Gasteiger partial charge in [-0.2, -0.15) is 0 Å². The van der Waals surface area contributed by atoms with Crippen LogP contribution in [0.5, 0.6) is 0 Å². The molecule has 2 aromatic rings. The monoisotopic (exact) mass is 342 g/mol. The molecule has 0 bridgehead atoms. The number of halogens is 2. The maximum absolute atomic E-state index is 10.7. The van der Waals surface area contributed by atoms with Crippen molar-refractivity contribution in [1.82, 2.24) is 9.97 Å². The molecule has 0 aliphatic rings. The van der Waals surface area contributed by atoms with Crippen molar-refractivity contribution in [1.29, 1.82) is 0 Å². The molecule has 0 spiro atoms. The van der Waals surface area contributed by atoms with Gasteiger partial charge < -0.3 is 4.90 Å². The summed E-state index contributed by atoms with van der Waals surface area (Å²) >= 11 is 9.16. The fraction of sp³-hybridized carbons (Fsp3) is 0.0909. The maximum atomic E-state index is 10.7. The van der Waals surface area contributed by atoms with Crippen molar-refractivity contribution in [2.45, 2.75) is 0 Å². The van der Waals surface area contributed by atoms with E-state index in [1.165, 1.54) is 12.1 Å². The van der Waals surface area contributed by atoms with Gasteiger partial charge in [-0.05, 0) is 34.1 Å². The fourth-order valence-electron chi connectivity index (χ4n) is 1.47. The Morgan fingerprint density at radius 1 is 1.42 bits per heavy atom. The first kappa shape index (κ1) is 13.7. The van der Waals surface area contributed by atoms with Crippen LogP contribution in [0.3, 0.4) is 0 Å². The predicted molar refractivity (Wildman–Crippen MR) is 75.9 cm³/mol. The van der Waals surface area contributed by atoms with Gasteiger partial charge in [0.1, 0.15) is 11.6 Å². The average Bonchev–Trinajstić information content (AvgIpc) is 2.38. The molecule has 0 fully saturated rings. The minimum Gasteiger partial charge on any atom is -0.313 e. The van der Waals surface area contributed by atoms with Crippen LogP contribution in [-0.2, 0) is 0 Å². The molecule has 6 nitrogen and oxygen atoms in total. The van der Waals surface area contributed by atoms with Crippen LogP contribution >= 0.6 is 27.5 Å². The van der Waals surface area contributed by atoms with Gasteiger partial charge in [0, 0.05) is 19.3 Å². The van der Waals surface area contributed by atoms with Gasteiger partial charge in [0.05, 0.1) is 9.40 Å². The van der Waals surface area contributed by atoms with Crippen molar-refractivity contribution in [3.05, 3.63) is 50.2 Å². The van der Waals surface area contributed by atoms with E-state index in [1.807, 2.05) is 6.07 Å². The van der Waals surface area contributed by atoms with Crippen LogP contribution in [-0.4, -0.2) is 21.9 Å². The van der Waals surface area contributed by atoms with Crippen LogP contribution in [0, 0.1) is 10.1 Å². The Morgan fingerprint density at radius 2 is 2.16 bits per heavy atom. The second-order valence-electron chi connectivity index (χ2n) is 3.60. The van der Waals surface area contributed by atoms with E-state index in [4.69, 9.17) is 11.6 Å². The van der Waals surface area contributed by atoms with Gasteiger partial charge in [0.2, 0.25) is 5.15 Å². The van der Waals surface area contributed by atoms with Crippen LogP contribution in [0.15, 0.2) is 34.9 Å². The van der Waals surface area contributed by atoms with Crippen molar-refractivity contribution >= 4 is 44.9 Å². The van der Waals surface area contributed by atoms with Gasteiger partial charge in [-0.3, -0.25) is 10.1 Å². The van der Waals surface area contributed by atoms with Gasteiger partial charge in [-0.15, -0.1) is 0 Å². The molecule has 2 aromatic heterocycles. The quantitative estimate of drug-likeness (QED) is 0.484. The molecule has 8 heteroatoms. The zero-order chi connectivity index (χ0) is 14.0. The summed E-state index contributed by atoms with van der Waals surface area (Å²) < 4.78 is 0.786. The van der Waals surface area contributed by atoms with E-state index in [9.17, 15) is 10.1 Å². The van der Waals surface area contributed by atoms with Crippen LogP contribution in [0.25, 0.3) is 0 Å². The molecule has 19 heavy (non-hydrogen) atoms. The van der Waals surface area contributed by atoms with Crippen molar-refractivity contribution in [2.75, 3.05) is 11.9 Å². The van der Waals surface area contributed by atoms with Gasteiger partial charge >= 0.3 is 5.69 Å². The smallest absolute Gasteiger partial charge is 0.306 e. The van der Waals surface area contributed by atoms with Crippen LogP contribution in [0.4, 0.5) is 17.3 Å². The zero-order valence-corrected chi connectivity index (χ0v) is 12.1. The summed E-state index contributed by atoms with van der Waals surface area (Å²) in [6.07, 6.45) is 1.64. The second-order valence-corrected chi connectivity index (χ2v) is 4.82. The number of aromatic nitrogens is 2. The van der Waals surface area contributed by atoms with Gasteiger partial charge in [-0.1, -0.05) is 11.6 Å². The van der Waals surface area contributed by atoms with E-state index in [-0.39, 0.29) is 10.8 Å². The number of nitro groups is 1. The molecule has 0 saturated carbocycles. The Morgan fingerprint density at radius 3 is 2.74 bits per heavy atom. The molecule has 2 heterocycles. The first-order chi connectivity index (χ1) is 9.00. The SMILES string of the molecule is CN(c1ccc([N+](=O)[O-])c(Cl)n1)c1ncccc1Br. The molecule has 0 saturated heterocycles. The van der Waals surface area contributed by atoms with E-state index in [0.717, 1.165) is 4.47 Å². The Hall–Kier alpha value is -1.73. The van der Waals surface area contributed by atoms with Crippen molar-refractivity contribution in [2.24, 2.45) is 0 Å². The Labute approximate surface area is 122 Å². The van der Waals surface area contributed by atoms with Crippen LogP contribution in [0.1, 0.15) is 0 Å². The number of nitrogens with zero attached hydrogens (tertiary/aromatic N) is 4. The number of pyridine rings is 2. The summed E-state index contributed by atoms with van der Waals surface area (Å²) in [6, 6.07) is 6.46. The zero-order valence-electron chi connectivity index (χ0n) is 9.75. The van der Waals surface area contributed by atoms with Crippen LogP contribution < -0.4 is 4.90 Å². The minimum atomic E-state index is -0.574. The summed E-state index contributed by atoms with van der Waals surface area (Å²) in [5, 5.41) is 10.5. The highest BCUT2D eigenvalue weighted by Gasteiger charge is 2.17. The normalized spacial score (nSPS) is 10.3. The van der Waals surface area contributed by atoms with E-state index in [2.05, 4.69) is 25.9 Å². The number of anilines is 2. The van der Waals surface area contributed by atoms with Gasteiger partial charge in [0.15, 0.2) is 0 Å². The molecule has 0 aliphatic carbocycles. The highest BCUT2D eigenvalue weighted by molar-refractivity contribution is 9.10. The van der Waals surface area contributed by atoms with E-state index in [0.29, 0.717) is 11.6 Å². The highest BCUT2D eigenvalue weighted by atomic mass is 79.9. The first-order valence-electron chi connectivity index (χ1n) is 5.16. The van der Waals surface area contributed by atoms with Gasteiger partial charge in [-0.25, -0.2) is 9.97 Å². The molecular formula is C11H8BrClN4O2. The molecule has 0 unspecified atom stereocenters. The first-order valence-corrected chi connectivity index (χ1v) is 6.33. The van der Waals surface area contributed by atoms with E-state index >= 15 is 0 Å². The summed E-state index contributed by atoms with van der Waals surface area (Å²) in [4.78, 5) is 20.0. The molecule has 2 rings (SSSR count). The average molecular weight is 344 g/mol. The minimum absolute atomic E-state index is 0.151. The lowest BCUT2D eigenvalue weighted by atomic mass is 10.3. The largest absolute Gasteiger partial charge is 0.313 e. The Kier molecular flexibility index (Phi) is 3.96. The summed E-state index contributed by atoms with van der Waals surface area (Å²) in [5.74, 6) is 1.11. The molecule has 0 radical (unpaired) electrons. The summed E-state index contributed by atoms with van der Waals surface area (Å²) in [6.45, 7) is 0. The molecule has 98 valence electrons. The number of hydrogen-bond donors (Lipinski definition) is 0. The lowest BCUT2D eigenvalue weighted by Gasteiger charge is -2.18. The van der Waals surface area contributed by atoms with Gasteiger partial charge in [0.25, 0.3) is 0 Å². The molecule has 0 aliphatic heterocycles. The third-order valence-corrected chi connectivity index (χ3v) is 3.31. The maximum Gasteiger partial charge on any atom is 0.306 e. The topological polar surface area (TPSA) is 72.2 Å². The van der Waals surface area contributed by atoms with Crippen LogP contribution in [0.2, 0.25) is 5.15 Å². The molecule has 0 N–H and O–H groups in total. The second kappa shape index (κ2) is 5.50. The fourth-order valence-corrected chi connectivity index (χ4v) is 2.21. The lowest BCUT2D eigenvalue weighted by molar-refractivity contribution is -0.385. The Balaban J connectivity index is 2.40. The predicted octanol–water partition coefficient (Wildman–Crippen LogP) is 3.57. The van der Waals surface area contributed by atoms with E-state index < -0.39 is 4.92 Å². The van der Waals surface area contributed by atoms with E-state index in [1.54, 1.807) is 24.2 Å². The third kappa shape index (κ3) is 2.82. The molecule has 0 aromatic carbocycles. The molecule has 0 atom stereocenters. The molecule has 0 amide bonds.